The molecule has 0 saturated carbocycles. The highest BCUT2D eigenvalue weighted by atomic mass is 32.2. The van der Waals surface area contributed by atoms with E-state index in [9.17, 15) is 4.79 Å². The molecule has 1 amide bonds. The van der Waals surface area contributed by atoms with E-state index in [1.165, 1.54) is 27.9 Å². The van der Waals surface area contributed by atoms with Crippen molar-refractivity contribution in [3.05, 3.63) is 57.9 Å². The van der Waals surface area contributed by atoms with Gasteiger partial charge in [0.1, 0.15) is 0 Å². The van der Waals surface area contributed by atoms with Crippen molar-refractivity contribution in [2.75, 3.05) is 0 Å². The van der Waals surface area contributed by atoms with Crippen molar-refractivity contribution in [1.29, 1.82) is 5.41 Å². The van der Waals surface area contributed by atoms with E-state index in [1.54, 1.807) is 11.6 Å². The number of carbonyl (C=O) groups excluding carboxylic acids is 1. The molecule has 0 fully saturated rings. The largest absolute Gasteiger partial charge is 0.318 e. The van der Waals surface area contributed by atoms with E-state index >= 15 is 0 Å². The third-order valence-corrected chi connectivity index (χ3v) is 5.31. The van der Waals surface area contributed by atoms with Gasteiger partial charge in [0.05, 0.1) is 11.1 Å². The first-order valence-corrected chi connectivity index (χ1v) is 9.43. The lowest BCUT2D eigenvalue weighted by molar-refractivity contribution is -0.114. The number of aromatic nitrogens is 1. The lowest BCUT2D eigenvalue weighted by Gasteiger charge is -2.20. The molecule has 1 N–H and O–H groups in total. The first-order valence-electron chi connectivity index (χ1n) is 8.55. The summed E-state index contributed by atoms with van der Waals surface area (Å²) < 4.78 is 2.17. The van der Waals surface area contributed by atoms with Crippen LogP contribution in [0.1, 0.15) is 28.1 Å². The van der Waals surface area contributed by atoms with Crippen LogP contribution in [0, 0.1) is 33.1 Å². The minimum atomic E-state index is -0.402. The number of aryl methyl sites for hydroxylation is 3. The average Bonchev–Trinajstić information content (AvgIpc) is 3.15. The minimum absolute atomic E-state index is 0.0578. The Hall–Kier alpha value is -2.93. The van der Waals surface area contributed by atoms with Crippen molar-refractivity contribution in [2.24, 2.45) is 10.1 Å². The van der Waals surface area contributed by atoms with Crippen LogP contribution in [-0.2, 0) is 4.79 Å². The Morgan fingerprint density at radius 1 is 1.07 bits per heavy atom. The summed E-state index contributed by atoms with van der Waals surface area (Å²) in [4.78, 5) is 16.5. The van der Waals surface area contributed by atoms with Crippen molar-refractivity contribution in [2.45, 2.75) is 27.7 Å². The van der Waals surface area contributed by atoms with Gasteiger partial charge in [0, 0.05) is 17.1 Å². The lowest BCUT2D eigenvalue weighted by Crippen LogP contribution is -2.35. The number of benzene rings is 1. The molecule has 0 unspecified atom stereocenters. The number of fused-ring (bicyclic) bond motifs is 1. The van der Waals surface area contributed by atoms with E-state index in [2.05, 4.69) is 46.7 Å². The molecule has 6 nitrogen and oxygen atoms in total. The van der Waals surface area contributed by atoms with Crippen LogP contribution < -0.4 is 0 Å². The van der Waals surface area contributed by atoms with Crippen LogP contribution >= 0.6 is 11.8 Å². The number of nitrogens with one attached hydrogen (secondary N) is 1. The van der Waals surface area contributed by atoms with Crippen molar-refractivity contribution in [3.63, 3.8) is 0 Å². The molecule has 136 valence electrons. The Kier molecular flexibility index (Phi) is 4.11. The fourth-order valence-corrected chi connectivity index (χ4v) is 4.11. The standard InChI is InChI=1S/C20H19N5OS/c1-11-5-12(2)7-16(6-11)24-13(3)8-15(14(24)4)9-17-18(21)25-20(23-19(17)26)27-10-22-25/h5-10,21H,1-4H3/b17-9+,21-18?. The zero-order chi connectivity index (χ0) is 19.3. The Morgan fingerprint density at radius 3 is 2.48 bits per heavy atom. The molecule has 4 rings (SSSR count). The van der Waals surface area contributed by atoms with Crippen molar-refractivity contribution in [1.82, 2.24) is 9.58 Å². The van der Waals surface area contributed by atoms with E-state index in [-0.39, 0.29) is 11.4 Å². The van der Waals surface area contributed by atoms with Crippen LogP contribution in [0.25, 0.3) is 11.8 Å². The van der Waals surface area contributed by atoms with Crippen LogP contribution in [0.4, 0.5) is 0 Å². The number of hydrazone groups is 1. The van der Waals surface area contributed by atoms with Gasteiger partial charge in [0.2, 0.25) is 0 Å². The van der Waals surface area contributed by atoms with Crippen LogP contribution in [0.5, 0.6) is 0 Å². The highest BCUT2D eigenvalue weighted by Crippen LogP contribution is 2.28. The molecule has 2 aliphatic rings. The Bertz CT molecular complexity index is 1070. The Balaban J connectivity index is 1.80. The monoisotopic (exact) mass is 377 g/mol. The maximum absolute atomic E-state index is 12.4. The first-order chi connectivity index (χ1) is 12.8. The molecule has 2 aromatic rings. The molecular formula is C20H19N5OS. The summed E-state index contributed by atoms with van der Waals surface area (Å²) in [5.41, 5.74) is 8.31. The van der Waals surface area contributed by atoms with Gasteiger partial charge >= 0.3 is 0 Å². The molecule has 0 aliphatic carbocycles. The predicted octanol–water partition coefficient (Wildman–Crippen LogP) is 3.96. The topological polar surface area (TPSA) is 73.8 Å². The summed E-state index contributed by atoms with van der Waals surface area (Å²) in [5, 5.41) is 14.2. The van der Waals surface area contributed by atoms with Gasteiger partial charge in [-0.3, -0.25) is 10.2 Å². The van der Waals surface area contributed by atoms with E-state index in [1.807, 2.05) is 19.9 Å². The summed E-state index contributed by atoms with van der Waals surface area (Å²) >= 11 is 1.24. The van der Waals surface area contributed by atoms with Crippen molar-refractivity contribution >= 4 is 40.3 Å². The van der Waals surface area contributed by atoms with Crippen LogP contribution in [-0.4, -0.2) is 32.0 Å². The summed E-state index contributed by atoms with van der Waals surface area (Å²) in [5.74, 6) is -0.345. The highest BCUT2D eigenvalue weighted by Gasteiger charge is 2.32. The minimum Gasteiger partial charge on any atom is -0.318 e. The van der Waals surface area contributed by atoms with Crippen LogP contribution in [0.15, 0.2) is 39.9 Å². The summed E-state index contributed by atoms with van der Waals surface area (Å²) in [6, 6.07) is 8.46. The van der Waals surface area contributed by atoms with Gasteiger partial charge in [-0.1, -0.05) is 6.07 Å². The Labute approximate surface area is 161 Å². The normalized spacial score (nSPS) is 17.7. The number of hydrogen-bond donors (Lipinski definition) is 1. The van der Waals surface area contributed by atoms with Crippen LogP contribution in [0.2, 0.25) is 0 Å². The van der Waals surface area contributed by atoms with Crippen molar-refractivity contribution < 1.29 is 4.79 Å². The maximum Gasteiger partial charge on any atom is 0.283 e. The number of nitrogens with zero attached hydrogens (tertiary/aromatic N) is 4. The number of rotatable bonds is 2. The van der Waals surface area contributed by atoms with Gasteiger partial charge in [0.25, 0.3) is 5.91 Å². The molecule has 3 heterocycles. The molecule has 0 atom stereocenters. The smallest absolute Gasteiger partial charge is 0.283 e. The highest BCUT2D eigenvalue weighted by molar-refractivity contribution is 8.25. The van der Waals surface area contributed by atoms with Crippen LogP contribution in [0.3, 0.4) is 0 Å². The fourth-order valence-electron chi connectivity index (χ4n) is 3.50. The molecule has 1 aromatic carbocycles. The van der Waals surface area contributed by atoms with E-state index in [0.717, 1.165) is 22.6 Å². The van der Waals surface area contributed by atoms with Crippen molar-refractivity contribution in [3.8, 4) is 5.69 Å². The van der Waals surface area contributed by atoms with Gasteiger partial charge in [0.15, 0.2) is 11.0 Å². The lowest BCUT2D eigenvalue weighted by atomic mass is 10.1. The fraction of sp³-hybridized carbons (Fsp3) is 0.200. The second-order valence-corrected chi connectivity index (χ2v) is 7.58. The molecule has 1 aromatic heterocycles. The number of amidine groups is 2. The van der Waals surface area contributed by atoms with Gasteiger partial charge in [-0.2, -0.15) is 15.1 Å². The third-order valence-electron chi connectivity index (χ3n) is 4.63. The first kappa shape index (κ1) is 17.5. The molecule has 7 heteroatoms. The molecule has 0 spiro atoms. The Morgan fingerprint density at radius 2 is 1.78 bits per heavy atom. The van der Waals surface area contributed by atoms with Gasteiger partial charge in [-0.25, -0.2) is 0 Å². The molecule has 0 bridgehead atoms. The van der Waals surface area contributed by atoms with Gasteiger partial charge in [-0.05, 0) is 80.4 Å². The molecule has 0 radical (unpaired) electrons. The van der Waals surface area contributed by atoms with Gasteiger partial charge in [-0.15, -0.1) is 0 Å². The summed E-state index contributed by atoms with van der Waals surface area (Å²) in [7, 11) is 0. The second kappa shape index (κ2) is 6.35. The summed E-state index contributed by atoms with van der Waals surface area (Å²) in [6.07, 6.45) is 1.74. The van der Waals surface area contributed by atoms with Gasteiger partial charge < -0.3 is 4.57 Å². The molecule has 0 saturated heterocycles. The third kappa shape index (κ3) is 2.94. The molecule has 27 heavy (non-hydrogen) atoms. The number of aliphatic imine (C=N–C) groups is 1. The predicted molar refractivity (Wildman–Crippen MR) is 111 cm³/mol. The number of thioether (sulfide) groups is 1. The summed E-state index contributed by atoms with van der Waals surface area (Å²) in [6.45, 7) is 8.23. The number of hydrogen-bond acceptors (Lipinski definition) is 4. The maximum atomic E-state index is 12.4. The van der Waals surface area contributed by atoms with E-state index in [4.69, 9.17) is 5.41 Å². The van der Waals surface area contributed by atoms with E-state index in [0.29, 0.717) is 5.17 Å². The van der Waals surface area contributed by atoms with E-state index < -0.39 is 5.91 Å². The molecular weight excluding hydrogens is 358 g/mol. The zero-order valence-corrected chi connectivity index (χ0v) is 16.4. The molecule has 2 aliphatic heterocycles. The zero-order valence-electron chi connectivity index (χ0n) is 15.6. The second-order valence-electron chi connectivity index (χ2n) is 6.76. The number of carbonyl (C=O) groups is 1. The number of amides is 1. The average molecular weight is 377 g/mol. The SMILES string of the molecule is Cc1cc(C)cc(-n2c(C)cc(/C=C3\C(=N)N4N=CSC4=NC3=O)c2C)c1. The quantitative estimate of drug-likeness (QED) is 0.805.